The number of rotatable bonds is 7. The van der Waals surface area contributed by atoms with Crippen molar-refractivity contribution < 1.29 is 23.1 Å². The molecule has 3 fully saturated rings. The highest BCUT2D eigenvalue weighted by molar-refractivity contribution is 6.02. The Morgan fingerprint density at radius 3 is 2.47 bits per heavy atom. The highest BCUT2D eigenvalue weighted by Crippen LogP contribution is 2.44. The van der Waals surface area contributed by atoms with Crippen LogP contribution in [0.1, 0.15) is 52.0 Å². The Morgan fingerprint density at radius 2 is 1.80 bits per heavy atom. The highest BCUT2D eigenvalue weighted by atomic mass is 19.1. The van der Waals surface area contributed by atoms with Crippen LogP contribution >= 0.6 is 0 Å². The fraction of sp³-hybridized carbons (Fsp3) is 0.333. The van der Waals surface area contributed by atoms with Gasteiger partial charge in [0.1, 0.15) is 17.1 Å². The molecule has 5 aromatic rings. The molecule has 2 amide bonds. The van der Waals surface area contributed by atoms with Crippen molar-refractivity contribution >= 4 is 33.7 Å². The molecule has 230 valence electrons. The minimum absolute atomic E-state index is 0.0378. The Hall–Kier alpha value is -4.63. The molecule has 3 atom stereocenters. The minimum atomic E-state index is -0.793. The number of halogens is 1. The number of amides is 2. The normalized spacial score (nSPS) is 20.9. The lowest BCUT2D eigenvalue weighted by molar-refractivity contribution is 0.0700. The molecule has 8 rings (SSSR count). The number of methoxy groups -OCH3 is 1. The summed E-state index contributed by atoms with van der Waals surface area (Å²) in [5, 5.41) is 1.88. The number of ether oxygens (including phenoxy) is 1. The Kier molecular flexibility index (Phi) is 6.32. The van der Waals surface area contributed by atoms with E-state index in [1.54, 1.807) is 13.2 Å². The number of hydrogen-bond acceptors (Lipinski definition) is 5. The molecule has 0 radical (unpaired) electrons. The summed E-state index contributed by atoms with van der Waals surface area (Å²) in [5.41, 5.74) is 17.1. The van der Waals surface area contributed by atoms with E-state index in [0.29, 0.717) is 40.8 Å². The summed E-state index contributed by atoms with van der Waals surface area (Å²) >= 11 is 0. The Balaban J connectivity index is 1.23. The second-order valence-corrected chi connectivity index (χ2v) is 13.0. The fourth-order valence-corrected chi connectivity index (χ4v) is 7.59. The number of nitrogens with two attached hydrogens (primary N) is 2. The molecule has 0 spiro atoms. The largest absolute Gasteiger partial charge is 0.496 e. The van der Waals surface area contributed by atoms with Crippen LogP contribution in [-0.4, -0.2) is 47.0 Å². The summed E-state index contributed by atoms with van der Waals surface area (Å²) < 4.78 is 29.4. The van der Waals surface area contributed by atoms with Gasteiger partial charge in [0.15, 0.2) is 5.76 Å². The number of furan rings is 1. The zero-order valence-electron chi connectivity index (χ0n) is 25.3. The molecule has 1 saturated heterocycles. The molecule has 8 nitrogen and oxygen atoms in total. The maximum absolute atomic E-state index is 14.7. The summed E-state index contributed by atoms with van der Waals surface area (Å²) in [7, 11) is 1.62. The van der Waals surface area contributed by atoms with Gasteiger partial charge >= 0.3 is 0 Å². The molecule has 3 aromatic carbocycles. The number of fused-ring (bicyclic) bond motifs is 4. The van der Waals surface area contributed by atoms with Crippen molar-refractivity contribution in [1.82, 2.24) is 9.47 Å². The smallest absolute Gasteiger partial charge is 0.254 e. The van der Waals surface area contributed by atoms with Gasteiger partial charge in [-0.2, -0.15) is 0 Å². The van der Waals surface area contributed by atoms with Gasteiger partial charge in [0, 0.05) is 47.2 Å². The van der Waals surface area contributed by atoms with Crippen LogP contribution in [0.3, 0.4) is 0 Å². The third-order valence-electron chi connectivity index (χ3n) is 10.2. The lowest BCUT2D eigenvalue weighted by Crippen LogP contribution is -2.41. The van der Waals surface area contributed by atoms with Gasteiger partial charge in [0.05, 0.1) is 23.8 Å². The number of piperidine rings is 1. The lowest BCUT2D eigenvalue weighted by Gasteiger charge is -2.27. The van der Waals surface area contributed by atoms with Crippen molar-refractivity contribution in [3.63, 3.8) is 0 Å². The van der Waals surface area contributed by atoms with Crippen LogP contribution in [0, 0.1) is 24.6 Å². The first-order valence-corrected chi connectivity index (χ1v) is 15.6. The number of hydrogen-bond donors (Lipinski definition) is 2. The predicted molar refractivity (Wildman–Crippen MR) is 171 cm³/mol. The van der Waals surface area contributed by atoms with E-state index in [2.05, 4.69) is 16.7 Å². The van der Waals surface area contributed by atoms with Crippen LogP contribution in [0.5, 0.6) is 5.75 Å². The monoisotopic (exact) mass is 606 g/mol. The number of nitrogens with zero attached hydrogens (tertiary/aromatic N) is 2. The quantitative estimate of drug-likeness (QED) is 0.227. The number of aromatic nitrogens is 1. The second-order valence-electron chi connectivity index (χ2n) is 13.0. The van der Waals surface area contributed by atoms with E-state index in [1.807, 2.05) is 36.1 Å². The van der Waals surface area contributed by atoms with Crippen LogP contribution < -0.4 is 16.2 Å². The maximum atomic E-state index is 14.7. The van der Waals surface area contributed by atoms with Crippen molar-refractivity contribution in [3.8, 4) is 28.3 Å². The van der Waals surface area contributed by atoms with Gasteiger partial charge in [-0.15, -0.1) is 0 Å². The van der Waals surface area contributed by atoms with Gasteiger partial charge in [-0.1, -0.05) is 18.2 Å². The first-order chi connectivity index (χ1) is 21.7. The number of benzene rings is 3. The summed E-state index contributed by atoms with van der Waals surface area (Å²) in [4.78, 5) is 27.2. The molecule has 45 heavy (non-hydrogen) atoms. The first kappa shape index (κ1) is 27.9. The lowest BCUT2D eigenvalue weighted by atomic mass is 10.0. The van der Waals surface area contributed by atoms with Crippen LogP contribution in [0.2, 0.25) is 0 Å². The summed E-state index contributed by atoms with van der Waals surface area (Å²) in [6.07, 6.45) is 4.35. The van der Waals surface area contributed by atoms with E-state index in [4.69, 9.17) is 20.6 Å². The van der Waals surface area contributed by atoms with E-state index in [-0.39, 0.29) is 23.6 Å². The van der Waals surface area contributed by atoms with Crippen molar-refractivity contribution in [3.05, 3.63) is 77.1 Å². The standard InChI is InChI=1S/C36H35FN4O4/c1-18-32-30(44-2)14-24(36(43)41-17-23-8-10-27(41)33(23)38)15-31(32)45-34(18)29-13-22-6-5-21(12-28(22)40(29)16-19-3-4-19)20-7-9-25(35(39)42)26(37)11-20/h5-7,9,11-15,19,23,27,33H,3-4,8,10,16-17,38H2,1-2H3,(H2,39,42)/t23?,27?,33-/m1/s1. The highest BCUT2D eigenvalue weighted by Gasteiger charge is 2.47. The zero-order chi connectivity index (χ0) is 31.1. The molecule has 1 aliphatic heterocycles. The van der Waals surface area contributed by atoms with Gasteiger partial charge in [0.25, 0.3) is 11.8 Å². The third kappa shape index (κ3) is 4.43. The van der Waals surface area contributed by atoms with E-state index in [9.17, 15) is 14.0 Å². The molecule has 2 aromatic heterocycles. The van der Waals surface area contributed by atoms with Crippen LogP contribution in [0.25, 0.3) is 44.5 Å². The second kappa shape index (κ2) is 10.2. The average molecular weight is 607 g/mol. The van der Waals surface area contributed by atoms with Gasteiger partial charge in [-0.3, -0.25) is 9.59 Å². The van der Waals surface area contributed by atoms with E-state index >= 15 is 0 Å². The van der Waals surface area contributed by atoms with Crippen molar-refractivity contribution in [1.29, 1.82) is 0 Å². The predicted octanol–water partition coefficient (Wildman–Crippen LogP) is 6.25. The molecule has 2 bridgehead atoms. The summed E-state index contributed by atoms with van der Waals surface area (Å²) in [6.45, 7) is 3.54. The van der Waals surface area contributed by atoms with Gasteiger partial charge in [-0.25, -0.2) is 4.39 Å². The van der Waals surface area contributed by atoms with Crippen molar-refractivity contribution in [2.24, 2.45) is 23.3 Å². The molecule has 3 heterocycles. The number of carbonyl (C=O) groups excluding carboxylic acids is 2. The van der Waals surface area contributed by atoms with E-state index < -0.39 is 11.7 Å². The molecule has 3 aliphatic rings. The molecular formula is C36H35FN4O4. The Morgan fingerprint density at radius 1 is 1.02 bits per heavy atom. The maximum Gasteiger partial charge on any atom is 0.254 e. The molecular weight excluding hydrogens is 571 g/mol. The first-order valence-electron chi connectivity index (χ1n) is 15.6. The molecule has 2 aliphatic carbocycles. The Bertz CT molecular complexity index is 2040. The van der Waals surface area contributed by atoms with Crippen LogP contribution in [0.15, 0.2) is 59.0 Å². The zero-order valence-corrected chi connectivity index (χ0v) is 25.3. The van der Waals surface area contributed by atoms with E-state index in [1.165, 1.54) is 25.0 Å². The number of primary amides is 1. The number of carbonyl (C=O) groups is 2. The molecule has 2 saturated carbocycles. The van der Waals surface area contributed by atoms with Crippen molar-refractivity contribution in [2.75, 3.05) is 13.7 Å². The average Bonchev–Trinajstić information content (AvgIpc) is 3.44. The van der Waals surface area contributed by atoms with Gasteiger partial charge < -0.3 is 30.1 Å². The minimum Gasteiger partial charge on any atom is -0.496 e. The van der Waals surface area contributed by atoms with Crippen molar-refractivity contribution in [2.45, 2.75) is 51.2 Å². The fourth-order valence-electron chi connectivity index (χ4n) is 7.59. The van der Waals surface area contributed by atoms with Crippen LogP contribution in [-0.2, 0) is 6.54 Å². The number of likely N-dealkylation sites (tertiary alicyclic amines) is 1. The molecule has 4 N–H and O–H groups in total. The topological polar surface area (TPSA) is 117 Å². The summed E-state index contributed by atoms with van der Waals surface area (Å²) in [6, 6.07) is 16.5. The van der Waals surface area contributed by atoms with Gasteiger partial charge in [-0.05, 0) is 92.0 Å². The summed E-state index contributed by atoms with van der Waals surface area (Å²) in [5.74, 6) is 0.795. The Labute approximate surface area is 259 Å². The molecule has 2 unspecified atom stereocenters. The number of aryl methyl sites for hydroxylation is 1. The molecule has 9 heteroatoms. The third-order valence-corrected chi connectivity index (χ3v) is 10.2. The van der Waals surface area contributed by atoms with Gasteiger partial charge in [0.2, 0.25) is 0 Å². The SMILES string of the molecule is COc1cc(C(=O)N2CC3CCC2[C@@H]3N)cc2oc(-c3cc4ccc(-c5ccc(C(N)=O)c(F)c5)cc4n3CC3CC3)c(C)c12. The van der Waals surface area contributed by atoms with Crippen LogP contribution in [0.4, 0.5) is 4.39 Å². The van der Waals surface area contributed by atoms with E-state index in [0.717, 1.165) is 58.3 Å².